The van der Waals surface area contributed by atoms with Crippen molar-refractivity contribution in [3.05, 3.63) is 35.8 Å². The summed E-state index contributed by atoms with van der Waals surface area (Å²) in [6.07, 6.45) is -3.24. The molecule has 0 radical (unpaired) electrons. The molecule has 78 valence electrons. The van der Waals surface area contributed by atoms with Gasteiger partial charge in [-0.1, -0.05) is 30.3 Å². The highest BCUT2D eigenvalue weighted by Crippen LogP contribution is 2.27. The minimum Gasteiger partial charge on any atom is -0.424 e. The Balaban J connectivity index is 2.13. The third-order valence-electron chi connectivity index (χ3n) is 2.26. The van der Waals surface area contributed by atoms with Gasteiger partial charge in [-0.25, -0.2) is 0 Å². The van der Waals surface area contributed by atoms with Crippen LogP contribution in [0, 0.1) is 0 Å². The summed E-state index contributed by atoms with van der Waals surface area (Å²) >= 11 is 0. The van der Waals surface area contributed by atoms with Gasteiger partial charge in [0.25, 0.3) is 6.85 Å². The van der Waals surface area contributed by atoms with Gasteiger partial charge in [0, 0.05) is 12.0 Å². The van der Waals surface area contributed by atoms with E-state index in [0.717, 1.165) is 11.3 Å². The number of benzene rings is 1. The van der Waals surface area contributed by atoms with Gasteiger partial charge in [0.1, 0.15) is 0 Å². The molecule has 0 saturated heterocycles. The molecule has 0 saturated carbocycles. The normalized spacial score (nSPS) is 14.7. The van der Waals surface area contributed by atoms with Crippen molar-refractivity contribution < 1.29 is 13.2 Å². The molecule has 0 amide bonds. The van der Waals surface area contributed by atoms with E-state index in [1.165, 1.54) is 0 Å². The van der Waals surface area contributed by atoms with Crippen molar-refractivity contribution in [2.45, 2.75) is 12.5 Å². The van der Waals surface area contributed by atoms with Gasteiger partial charge in [0.15, 0.2) is 0 Å². The lowest BCUT2D eigenvalue weighted by Crippen LogP contribution is -2.30. The second-order valence-electron chi connectivity index (χ2n) is 3.52. The summed E-state index contributed by atoms with van der Waals surface area (Å²) in [7, 11) is 0. The van der Waals surface area contributed by atoms with Crippen LogP contribution in [0.2, 0.25) is 6.32 Å². The molecule has 1 nitrogen and oxygen atoms in total. The number of rotatable bonds is 1. The number of halogens is 3. The maximum Gasteiger partial charge on any atom is 0.385 e. The fourth-order valence-corrected chi connectivity index (χ4v) is 1.61. The zero-order valence-corrected chi connectivity index (χ0v) is 7.88. The minimum atomic E-state index is -4.13. The van der Waals surface area contributed by atoms with Crippen LogP contribution in [0.1, 0.15) is 5.56 Å². The van der Waals surface area contributed by atoms with Crippen LogP contribution in [0.4, 0.5) is 18.9 Å². The first kappa shape index (κ1) is 10.1. The second-order valence-corrected chi connectivity index (χ2v) is 3.52. The number of hydrogen-bond acceptors (Lipinski definition) is 1. The van der Waals surface area contributed by atoms with E-state index in [1.54, 1.807) is 24.2 Å². The summed E-state index contributed by atoms with van der Waals surface area (Å²) in [6, 6.07) is 7.30. The molecule has 15 heavy (non-hydrogen) atoms. The first-order chi connectivity index (χ1) is 7.04. The Bertz CT molecular complexity index is 386. The third kappa shape index (κ3) is 2.55. The van der Waals surface area contributed by atoms with Crippen molar-refractivity contribution in [3.8, 4) is 0 Å². The predicted octanol–water partition coefficient (Wildman–Crippen LogP) is 3.22. The molecule has 1 aromatic carbocycles. The number of anilines is 1. The van der Waals surface area contributed by atoms with E-state index in [4.69, 9.17) is 0 Å². The van der Waals surface area contributed by atoms with Crippen molar-refractivity contribution in [1.82, 2.24) is 0 Å². The summed E-state index contributed by atoms with van der Waals surface area (Å²) in [6.45, 7) is -0.653. The van der Waals surface area contributed by atoms with Crippen LogP contribution in [-0.4, -0.2) is 13.0 Å². The summed E-state index contributed by atoms with van der Waals surface area (Å²) < 4.78 is 36.4. The quantitative estimate of drug-likeness (QED) is 0.703. The molecule has 0 unspecified atom stereocenters. The van der Waals surface area contributed by atoms with Crippen molar-refractivity contribution in [3.63, 3.8) is 0 Å². The van der Waals surface area contributed by atoms with Crippen molar-refractivity contribution in [2.24, 2.45) is 0 Å². The minimum absolute atomic E-state index is 0.653. The lowest BCUT2D eigenvalue weighted by Gasteiger charge is -2.20. The maximum atomic E-state index is 12.1. The van der Waals surface area contributed by atoms with Crippen LogP contribution in [0.3, 0.4) is 0 Å². The summed E-state index contributed by atoms with van der Waals surface area (Å²) in [5.41, 5.74) is 1.69. The van der Waals surface area contributed by atoms with Crippen LogP contribution >= 0.6 is 0 Å². The number of alkyl halides is 3. The fraction of sp³-hybridized carbons (Fsp3) is 0.200. The molecule has 0 aliphatic carbocycles. The Morgan fingerprint density at radius 1 is 1.20 bits per heavy atom. The Morgan fingerprint density at radius 3 is 2.67 bits per heavy atom. The van der Waals surface area contributed by atoms with Crippen LogP contribution in [0.5, 0.6) is 0 Å². The predicted molar refractivity (Wildman–Crippen MR) is 55.7 cm³/mol. The highest BCUT2D eigenvalue weighted by Gasteiger charge is 2.34. The van der Waals surface area contributed by atoms with Crippen molar-refractivity contribution >= 4 is 18.6 Å². The Morgan fingerprint density at radius 2 is 1.93 bits per heavy atom. The Kier molecular flexibility index (Phi) is 2.46. The number of hydrogen-bond donors (Lipinski definition) is 1. The Hall–Kier alpha value is -1.39. The molecule has 1 aliphatic heterocycles. The lowest BCUT2D eigenvalue weighted by molar-refractivity contribution is -0.110. The zero-order valence-electron chi connectivity index (χ0n) is 7.88. The molecule has 1 aromatic rings. The Labute approximate surface area is 86.1 Å². The fourth-order valence-electron chi connectivity index (χ4n) is 1.61. The van der Waals surface area contributed by atoms with Gasteiger partial charge >= 0.3 is 6.18 Å². The van der Waals surface area contributed by atoms with Gasteiger partial charge in [-0.3, -0.25) is 0 Å². The van der Waals surface area contributed by atoms with Crippen molar-refractivity contribution in [2.75, 3.05) is 5.23 Å². The van der Waals surface area contributed by atoms with Gasteiger partial charge in [-0.15, -0.1) is 0 Å². The zero-order chi connectivity index (χ0) is 10.9. The van der Waals surface area contributed by atoms with E-state index < -0.39 is 19.3 Å². The SMILES string of the molecule is FC(F)(F)CB1C=Cc2ccccc2N1. The smallest absolute Gasteiger partial charge is 0.385 e. The van der Waals surface area contributed by atoms with E-state index >= 15 is 0 Å². The average molecular weight is 211 g/mol. The topological polar surface area (TPSA) is 12.0 Å². The number of nitrogens with one attached hydrogen (secondary N) is 1. The van der Waals surface area contributed by atoms with Gasteiger partial charge < -0.3 is 5.23 Å². The molecule has 0 fully saturated rings. The lowest BCUT2D eigenvalue weighted by atomic mass is 9.57. The first-order valence-electron chi connectivity index (χ1n) is 4.65. The first-order valence-corrected chi connectivity index (χ1v) is 4.65. The van der Waals surface area contributed by atoms with Crippen LogP contribution in [-0.2, 0) is 0 Å². The molecule has 1 N–H and O–H groups in total. The van der Waals surface area contributed by atoms with E-state index in [1.807, 2.05) is 12.1 Å². The van der Waals surface area contributed by atoms with Crippen molar-refractivity contribution in [1.29, 1.82) is 0 Å². The molecule has 0 spiro atoms. The number of fused-ring (bicyclic) bond motifs is 1. The second kappa shape index (κ2) is 3.64. The molecule has 0 aromatic heterocycles. The molecule has 1 heterocycles. The van der Waals surface area contributed by atoms with Gasteiger partial charge in [-0.2, -0.15) is 13.2 Å². The van der Waals surface area contributed by atoms with E-state index in [0.29, 0.717) is 0 Å². The summed E-state index contributed by atoms with van der Waals surface area (Å²) in [5.74, 6) is 1.55. The molecule has 0 atom stereocenters. The summed E-state index contributed by atoms with van der Waals surface area (Å²) in [5, 5.41) is 2.85. The van der Waals surface area contributed by atoms with Crippen LogP contribution in [0.15, 0.2) is 30.2 Å². The largest absolute Gasteiger partial charge is 0.424 e. The highest BCUT2D eigenvalue weighted by atomic mass is 19.4. The molecule has 2 rings (SSSR count). The maximum absolute atomic E-state index is 12.1. The van der Waals surface area contributed by atoms with E-state index in [9.17, 15) is 13.2 Å². The number of para-hydroxylation sites is 1. The molecule has 0 bridgehead atoms. The monoisotopic (exact) mass is 211 g/mol. The molecular weight excluding hydrogens is 202 g/mol. The van der Waals surface area contributed by atoms with Crippen LogP contribution < -0.4 is 5.23 Å². The standard InChI is InChI=1S/C10H9BF3N/c12-10(13,14)7-11-6-5-8-3-1-2-4-9(8)15-11/h1-6,15H,7H2. The van der Waals surface area contributed by atoms with E-state index in [-0.39, 0.29) is 0 Å². The van der Waals surface area contributed by atoms with Gasteiger partial charge in [0.05, 0.1) is 0 Å². The van der Waals surface area contributed by atoms with Gasteiger partial charge in [-0.05, 0) is 11.6 Å². The van der Waals surface area contributed by atoms with Crippen LogP contribution in [0.25, 0.3) is 6.08 Å². The third-order valence-corrected chi connectivity index (χ3v) is 2.26. The van der Waals surface area contributed by atoms with Gasteiger partial charge in [0.2, 0.25) is 0 Å². The summed E-state index contributed by atoms with van der Waals surface area (Å²) in [4.78, 5) is 0. The van der Waals surface area contributed by atoms with E-state index in [2.05, 4.69) is 5.23 Å². The molecule has 1 aliphatic rings. The highest BCUT2D eigenvalue weighted by molar-refractivity contribution is 6.69. The molecular formula is C10H9BF3N. The molecule has 5 heteroatoms. The average Bonchev–Trinajstić information content (AvgIpc) is 2.15.